The molecule has 1 aliphatic rings. The number of halogens is 1. The molecule has 1 aliphatic heterocycles. The van der Waals surface area contributed by atoms with E-state index in [2.05, 4.69) is 31.2 Å². The third kappa shape index (κ3) is 2.41. The maximum absolute atomic E-state index is 11.4. The molecule has 3 rings (SSSR count). The minimum Gasteiger partial charge on any atom is -0.335 e. The smallest absolute Gasteiger partial charge is 0.234 e. The van der Waals surface area contributed by atoms with E-state index < -0.39 is 0 Å². The number of rotatable bonds is 2. The van der Waals surface area contributed by atoms with Gasteiger partial charge < -0.3 is 16.0 Å². The molecule has 0 radical (unpaired) electrons. The monoisotopic (exact) mass is 338 g/mol. The highest BCUT2D eigenvalue weighted by Crippen LogP contribution is 2.36. The molecule has 1 amide bonds. The van der Waals surface area contributed by atoms with Crippen LogP contribution in [-0.2, 0) is 11.3 Å². The van der Waals surface area contributed by atoms with Crippen molar-refractivity contribution in [2.75, 3.05) is 11.1 Å². The number of aromatic nitrogens is 2. The predicted molar refractivity (Wildman–Crippen MR) is 79.0 cm³/mol. The molecule has 0 saturated carbocycles. The molecule has 1 aromatic heterocycles. The van der Waals surface area contributed by atoms with Crippen LogP contribution in [0.25, 0.3) is 11.3 Å². The van der Waals surface area contributed by atoms with E-state index in [9.17, 15) is 4.79 Å². The summed E-state index contributed by atoms with van der Waals surface area (Å²) in [7, 11) is 0. The molecule has 0 bridgehead atoms. The lowest BCUT2D eigenvalue weighted by atomic mass is 10.1. The van der Waals surface area contributed by atoms with Crippen LogP contribution < -0.4 is 11.1 Å². The number of carbonyl (C=O) groups excluding carboxylic acids is 1. The van der Waals surface area contributed by atoms with E-state index in [-0.39, 0.29) is 5.91 Å². The molecule has 98 valence electrons. The molecule has 0 atom stereocenters. The number of nitrogens with zero attached hydrogens (tertiary/aromatic N) is 1. The largest absolute Gasteiger partial charge is 0.335 e. The maximum Gasteiger partial charge on any atom is 0.234 e. The average molecular weight is 339 g/mol. The predicted octanol–water partition coefficient (Wildman–Crippen LogP) is 2.34. The van der Waals surface area contributed by atoms with Crippen molar-refractivity contribution < 1.29 is 4.79 Å². The molecule has 5 nitrogen and oxygen atoms in total. The summed E-state index contributed by atoms with van der Waals surface area (Å²) in [6.07, 6.45) is 0. The van der Waals surface area contributed by atoms with Gasteiger partial charge in [0.05, 0.1) is 18.0 Å². The molecule has 4 N–H and O–H groups in total. The van der Waals surface area contributed by atoms with E-state index in [1.165, 1.54) is 0 Å². The summed E-state index contributed by atoms with van der Waals surface area (Å²) in [5.74, 6) is 1.21. The summed E-state index contributed by atoms with van der Waals surface area (Å²) in [4.78, 5) is 20.0. The lowest BCUT2D eigenvalue weighted by Crippen LogP contribution is -2.18. The van der Waals surface area contributed by atoms with E-state index in [0.29, 0.717) is 12.3 Å². The fourth-order valence-corrected chi connectivity index (χ4v) is 3.25. The van der Waals surface area contributed by atoms with Crippen LogP contribution in [0.2, 0.25) is 0 Å². The number of nitrogens with one attached hydrogen (secondary N) is 2. The van der Waals surface area contributed by atoms with E-state index >= 15 is 0 Å². The van der Waals surface area contributed by atoms with Gasteiger partial charge in [0, 0.05) is 10.5 Å². The standard InChI is InChI=1S/C12H11BrN4OS/c13-12-11(16-9(4-14)17-12)6-1-2-8-7(3-6)15-10(18)5-19-8/h1-3H,4-5,14H2,(H,15,18)(H,16,17). The summed E-state index contributed by atoms with van der Waals surface area (Å²) in [5.41, 5.74) is 8.13. The van der Waals surface area contributed by atoms with Crippen LogP contribution in [0.15, 0.2) is 27.7 Å². The first-order valence-electron chi connectivity index (χ1n) is 5.69. The molecule has 0 saturated heterocycles. The van der Waals surface area contributed by atoms with Crippen molar-refractivity contribution in [1.29, 1.82) is 0 Å². The Hall–Kier alpha value is -1.31. The molecule has 1 aromatic carbocycles. The van der Waals surface area contributed by atoms with Gasteiger partial charge in [-0.25, -0.2) is 4.98 Å². The molecular weight excluding hydrogens is 328 g/mol. The second kappa shape index (κ2) is 4.99. The molecular formula is C12H11BrN4OS. The van der Waals surface area contributed by atoms with Gasteiger partial charge in [-0.3, -0.25) is 4.79 Å². The lowest BCUT2D eigenvalue weighted by molar-refractivity contribution is -0.113. The maximum atomic E-state index is 11.4. The number of hydrogen-bond acceptors (Lipinski definition) is 4. The lowest BCUT2D eigenvalue weighted by Gasteiger charge is -2.16. The van der Waals surface area contributed by atoms with Crippen molar-refractivity contribution in [2.24, 2.45) is 5.73 Å². The molecule has 2 aromatic rings. The van der Waals surface area contributed by atoms with Crippen molar-refractivity contribution in [3.63, 3.8) is 0 Å². The number of carbonyl (C=O) groups is 1. The van der Waals surface area contributed by atoms with Gasteiger partial charge in [0.15, 0.2) is 0 Å². The highest BCUT2D eigenvalue weighted by molar-refractivity contribution is 9.10. The van der Waals surface area contributed by atoms with Gasteiger partial charge >= 0.3 is 0 Å². The van der Waals surface area contributed by atoms with E-state index in [1.807, 2.05) is 18.2 Å². The zero-order chi connectivity index (χ0) is 13.4. The zero-order valence-electron chi connectivity index (χ0n) is 9.87. The number of nitrogens with two attached hydrogens (primary N) is 1. The van der Waals surface area contributed by atoms with Crippen LogP contribution in [-0.4, -0.2) is 21.6 Å². The topological polar surface area (TPSA) is 83.8 Å². The fourth-order valence-electron chi connectivity index (χ4n) is 1.92. The Labute approximate surface area is 122 Å². The minimum atomic E-state index is 0.0263. The van der Waals surface area contributed by atoms with Crippen molar-refractivity contribution >= 4 is 39.3 Å². The molecule has 0 unspecified atom stereocenters. The number of amides is 1. The number of aromatic amines is 1. The van der Waals surface area contributed by atoms with E-state index in [4.69, 9.17) is 5.73 Å². The zero-order valence-corrected chi connectivity index (χ0v) is 12.3. The van der Waals surface area contributed by atoms with Crippen LogP contribution in [0.4, 0.5) is 5.69 Å². The SMILES string of the molecule is NCc1nc(-c2ccc3c(c2)NC(=O)CS3)c(Br)[nH]1. The first-order chi connectivity index (χ1) is 9.17. The van der Waals surface area contributed by atoms with Gasteiger partial charge in [-0.05, 0) is 28.1 Å². The summed E-state index contributed by atoms with van der Waals surface area (Å²) in [6.45, 7) is 0.357. The number of thioether (sulfide) groups is 1. The van der Waals surface area contributed by atoms with E-state index in [1.54, 1.807) is 11.8 Å². The second-order valence-corrected chi connectivity index (χ2v) is 5.91. The molecule has 7 heteroatoms. The van der Waals surface area contributed by atoms with E-state index in [0.717, 1.165) is 32.3 Å². The number of anilines is 1. The molecule has 0 spiro atoms. The molecule has 19 heavy (non-hydrogen) atoms. The summed E-state index contributed by atoms with van der Waals surface area (Å²) >= 11 is 4.98. The van der Waals surface area contributed by atoms with Gasteiger partial charge in [-0.2, -0.15) is 0 Å². The van der Waals surface area contributed by atoms with Gasteiger partial charge in [0.2, 0.25) is 5.91 Å². The first kappa shape index (κ1) is 12.7. The normalized spacial score (nSPS) is 14.1. The van der Waals surface area contributed by atoms with Crippen LogP contribution in [0.3, 0.4) is 0 Å². The highest BCUT2D eigenvalue weighted by Gasteiger charge is 2.17. The third-order valence-corrected chi connectivity index (χ3v) is 4.44. The molecule has 2 heterocycles. The quantitative estimate of drug-likeness (QED) is 0.784. The number of H-pyrrole nitrogens is 1. The van der Waals surface area contributed by atoms with Crippen LogP contribution >= 0.6 is 27.7 Å². The Bertz CT molecular complexity index is 655. The van der Waals surface area contributed by atoms with Gasteiger partial charge in [-0.1, -0.05) is 6.07 Å². The fraction of sp³-hybridized carbons (Fsp3) is 0.167. The third-order valence-electron chi connectivity index (χ3n) is 2.79. The Morgan fingerprint density at radius 3 is 3.05 bits per heavy atom. The second-order valence-electron chi connectivity index (χ2n) is 4.10. The number of hydrogen-bond donors (Lipinski definition) is 3. The number of imidazole rings is 1. The number of fused-ring (bicyclic) bond motifs is 1. The van der Waals surface area contributed by atoms with Crippen molar-refractivity contribution in [3.8, 4) is 11.3 Å². The summed E-state index contributed by atoms with van der Waals surface area (Å²) in [6, 6.07) is 5.92. The molecule has 0 fully saturated rings. The Morgan fingerprint density at radius 1 is 1.47 bits per heavy atom. The number of benzene rings is 1. The summed E-state index contributed by atoms with van der Waals surface area (Å²) in [5, 5.41) is 2.87. The van der Waals surface area contributed by atoms with Gasteiger partial charge in [0.25, 0.3) is 0 Å². The Balaban J connectivity index is 2.03. The highest BCUT2D eigenvalue weighted by atomic mass is 79.9. The van der Waals surface area contributed by atoms with Gasteiger partial charge in [-0.15, -0.1) is 11.8 Å². The summed E-state index contributed by atoms with van der Waals surface area (Å²) < 4.78 is 0.794. The van der Waals surface area contributed by atoms with Crippen molar-refractivity contribution in [1.82, 2.24) is 9.97 Å². The van der Waals surface area contributed by atoms with Crippen LogP contribution in [0, 0.1) is 0 Å². The molecule has 0 aliphatic carbocycles. The first-order valence-corrected chi connectivity index (χ1v) is 7.47. The Morgan fingerprint density at radius 2 is 2.32 bits per heavy atom. The van der Waals surface area contributed by atoms with Crippen molar-refractivity contribution in [3.05, 3.63) is 28.6 Å². The Kier molecular flexibility index (Phi) is 3.34. The van der Waals surface area contributed by atoms with Crippen LogP contribution in [0.5, 0.6) is 0 Å². The van der Waals surface area contributed by atoms with Crippen LogP contribution in [0.1, 0.15) is 5.82 Å². The van der Waals surface area contributed by atoms with Crippen molar-refractivity contribution in [2.45, 2.75) is 11.4 Å². The van der Waals surface area contributed by atoms with Gasteiger partial charge in [0.1, 0.15) is 16.1 Å². The average Bonchev–Trinajstić information content (AvgIpc) is 2.79. The minimum absolute atomic E-state index is 0.0263.